The maximum Gasteiger partial charge on any atom is 0.142 e. The summed E-state index contributed by atoms with van der Waals surface area (Å²) in [4.78, 5) is 4.15. The predicted octanol–water partition coefficient (Wildman–Crippen LogP) is 2.21. The Kier molecular flexibility index (Phi) is 3.15. The van der Waals surface area contributed by atoms with Gasteiger partial charge in [0.15, 0.2) is 0 Å². The Hall–Kier alpha value is -1.81. The molecule has 17 heavy (non-hydrogen) atoms. The van der Waals surface area contributed by atoms with Crippen molar-refractivity contribution >= 4 is 0 Å². The number of methoxy groups -OCH3 is 1. The van der Waals surface area contributed by atoms with Crippen LogP contribution in [0.3, 0.4) is 0 Å². The molecule has 0 saturated heterocycles. The van der Waals surface area contributed by atoms with Crippen molar-refractivity contribution in [3.63, 3.8) is 0 Å². The summed E-state index contributed by atoms with van der Waals surface area (Å²) in [6.45, 7) is 3.99. The summed E-state index contributed by atoms with van der Waals surface area (Å²) in [5.41, 5.74) is 9.03. The van der Waals surface area contributed by atoms with Crippen LogP contribution in [-0.2, 0) is 0 Å². The Morgan fingerprint density at radius 3 is 2.82 bits per heavy atom. The minimum Gasteiger partial charge on any atom is -0.495 e. The van der Waals surface area contributed by atoms with Gasteiger partial charge in [0, 0.05) is 6.04 Å². The number of hydrogen-bond donors (Lipinski definition) is 1. The number of aromatic nitrogens is 2. The number of nitrogens with zero attached hydrogens (tertiary/aromatic N) is 2. The number of nitrogens with two attached hydrogens (primary N) is 1. The largest absolute Gasteiger partial charge is 0.495 e. The third kappa shape index (κ3) is 2.17. The van der Waals surface area contributed by atoms with Crippen LogP contribution in [-0.4, -0.2) is 16.7 Å². The fourth-order valence-corrected chi connectivity index (χ4v) is 1.83. The third-order valence-corrected chi connectivity index (χ3v) is 2.73. The van der Waals surface area contributed by atoms with Crippen LogP contribution in [0.1, 0.15) is 24.2 Å². The number of imidazole rings is 1. The van der Waals surface area contributed by atoms with Gasteiger partial charge in [-0.15, -0.1) is 0 Å². The minimum absolute atomic E-state index is 0.0669. The molecule has 90 valence electrons. The molecular weight excluding hydrogens is 214 g/mol. The lowest BCUT2D eigenvalue weighted by molar-refractivity contribution is 0.412. The Morgan fingerprint density at radius 1 is 1.41 bits per heavy atom. The van der Waals surface area contributed by atoms with Crippen molar-refractivity contribution < 1.29 is 4.74 Å². The van der Waals surface area contributed by atoms with E-state index in [9.17, 15) is 0 Å². The maximum absolute atomic E-state index is 5.92. The van der Waals surface area contributed by atoms with Gasteiger partial charge in [0.1, 0.15) is 5.75 Å². The van der Waals surface area contributed by atoms with E-state index in [0.29, 0.717) is 0 Å². The number of benzene rings is 1. The molecule has 0 saturated carbocycles. The van der Waals surface area contributed by atoms with Crippen molar-refractivity contribution in [2.24, 2.45) is 5.73 Å². The van der Waals surface area contributed by atoms with E-state index in [-0.39, 0.29) is 6.04 Å². The topological polar surface area (TPSA) is 53.1 Å². The van der Waals surface area contributed by atoms with Gasteiger partial charge in [0.05, 0.1) is 31.0 Å². The molecule has 0 fully saturated rings. The van der Waals surface area contributed by atoms with Crippen molar-refractivity contribution in [1.29, 1.82) is 0 Å². The summed E-state index contributed by atoms with van der Waals surface area (Å²) < 4.78 is 7.34. The standard InChI is InChI=1S/C13H17N3O/c1-9-4-5-13(17-3)11(6-9)16-8-15-7-12(16)10(2)14/h4-8,10H,14H2,1-3H3/t10-/m1/s1. The molecule has 4 heteroatoms. The minimum atomic E-state index is -0.0669. The van der Waals surface area contributed by atoms with Crippen LogP contribution in [0.5, 0.6) is 5.75 Å². The average molecular weight is 231 g/mol. The van der Waals surface area contributed by atoms with E-state index in [1.807, 2.05) is 30.5 Å². The summed E-state index contributed by atoms with van der Waals surface area (Å²) >= 11 is 0. The number of aryl methyl sites for hydroxylation is 1. The van der Waals surface area contributed by atoms with Gasteiger partial charge in [-0.05, 0) is 31.5 Å². The molecule has 2 aromatic rings. The Morgan fingerprint density at radius 2 is 2.18 bits per heavy atom. The first kappa shape index (κ1) is 11.7. The lowest BCUT2D eigenvalue weighted by Crippen LogP contribution is -2.11. The second kappa shape index (κ2) is 4.59. The number of rotatable bonds is 3. The van der Waals surface area contributed by atoms with E-state index >= 15 is 0 Å². The molecule has 1 aromatic carbocycles. The maximum atomic E-state index is 5.92. The fraction of sp³-hybridized carbons (Fsp3) is 0.308. The molecule has 0 aliphatic rings. The first-order chi connectivity index (χ1) is 8.13. The lowest BCUT2D eigenvalue weighted by atomic mass is 10.2. The smallest absolute Gasteiger partial charge is 0.142 e. The summed E-state index contributed by atoms with van der Waals surface area (Å²) in [6, 6.07) is 5.97. The second-order valence-electron chi connectivity index (χ2n) is 4.15. The van der Waals surface area contributed by atoms with E-state index in [1.165, 1.54) is 5.56 Å². The lowest BCUT2D eigenvalue weighted by Gasteiger charge is -2.14. The number of ether oxygens (including phenoxy) is 1. The van der Waals surface area contributed by atoms with E-state index in [2.05, 4.69) is 11.1 Å². The highest BCUT2D eigenvalue weighted by molar-refractivity contribution is 5.50. The monoisotopic (exact) mass is 231 g/mol. The van der Waals surface area contributed by atoms with E-state index in [4.69, 9.17) is 10.5 Å². The zero-order chi connectivity index (χ0) is 12.4. The van der Waals surface area contributed by atoms with Crippen LogP contribution in [0, 0.1) is 6.92 Å². The van der Waals surface area contributed by atoms with Crippen LogP contribution in [0.2, 0.25) is 0 Å². The predicted molar refractivity (Wildman–Crippen MR) is 67.5 cm³/mol. The summed E-state index contributed by atoms with van der Waals surface area (Å²) in [5, 5.41) is 0. The molecule has 0 aliphatic heterocycles. The van der Waals surface area contributed by atoms with Crippen molar-refractivity contribution in [2.75, 3.05) is 7.11 Å². The second-order valence-corrected chi connectivity index (χ2v) is 4.15. The quantitative estimate of drug-likeness (QED) is 0.881. The van der Waals surface area contributed by atoms with Gasteiger partial charge in [0.25, 0.3) is 0 Å². The van der Waals surface area contributed by atoms with Crippen LogP contribution >= 0.6 is 0 Å². The molecule has 2 rings (SSSR count). The van der Waals surface area contributed by atoms with Crippen LogP contribution in [0.15, 0.2) is 30.7 Å². The average Bonchev–Trinajstić information content (AvgIpc) is 2.77. The van der Waals surface area contributed by atoms with E-state index in [0.717, 1.165) is 17.1 Å². The Bertz CT molecular complexity index is 517. The molecule has 0 aliphatic carbocycles. The van der Waals surface area contributed by atoms with Gasteiger partial charge in [-0.1, -0.05) is 6.07 Å². The summed E-state index contributed by atoms with van der Waals surface area (Å²) in [6.07, 6.45) is 3.54. The van der Waals surface area contributed by atoms with E-state index < -0.39 is 0 Å². The number of hydrogen-bond acceptors (Lipinski definition) is 3. The highest BCUT2D eigenvalue weighted by Gasteiger charge is 2.12. The molecule has 0 amide bonds. The molecule has 0 unspecified atom stereocenters. The van der Waals surface area contributed by atoms with Gasteiger partial charge < -0.3 is 10.5 Å². The van der Waals surface area contributed by atoms with E-state index in [1.54, 1.807) is 19.6 Å². The zero-order valence-corrected chi connectivity index (χ0v) is 10.3. The fourth-order valence-electron chi connectivity index (χ4n) is 1.83. The molecular formula is C13H17N3O. The normalized spacial score (nSPS) is 12.5. The van der Waals surface area contributed by atoms with Gasteiger partial charge in [-0.25, -0.2) is 4.98 Å². The molecule has 1 aromatic heterocycles. The van der Waals surface area contributed by atoms with Gasteiger partial charge in [0.2, 0.25) is 0 Å². The van der Waals surface area contributed by atoms with Gasteiger partial charge >= 0.3 is 0 Å². The Balaban J connectivity index is 2.59. The molecule has 2 N–H and O–H groups in total. The van der Waals surface area contributed by atoms with Gasteiger partial charge in [-0.3, -0.25) is 4.57 Å². The van der Waals surface area contributed by atoms with Crippen LogP contribution in [0.25, 0.3) is 5.69 Å². The van der Waals surface area contributed by atoms with Crippen molar-refractivity contribution in [1.82, 2.24) is 9.55 Å². The van der Waals surface area contributed by atoms with Crippen molar-refractivity contribution in [3.05, 3.63) is 42.0 Å². The molecule has 0 spiro atoms. The molecule has 1 heterocycles. The first-order valence-electron chi connectivity index (χ1n) is 5.56. The van der Waals surface area contributed by atoms with Crippen molar-refractivity contribution in [2.45, 2.75) is 19.9 Å². The SMILES string of the molecule is COc1ccc(C)cc1-n1cncc1[C@@H](C)N. The molecule has 4 nitrogen and oxygen atoms in total. The van der Waals surface area contributed by atoms with Crippen LogP contribution < -0.4 is 10.5 Å². The van der Waals surface area contributed by atoms with Crippen molar-refractivity contribution in [3.8, 4) is 11.4 Å². The summed E-state index contributed by atoms with van der Waals surface area (Å²) in [5.74, 6) is 0.815. The first-order valence-corrected chi connectivity index (χ1v) is 5.56. The third-order valence-electron chi connectivity index (χ3n) is 2.73. The highest BCUT2D eigenvalue weighted by atomic mass is 16.5. The molecule has 0 bridgehead atoms. The summed E-state index contributed by atoms with van der Waals surface area (Å²) in [7, 11) is 1.66. The zero-order valence-electron chi connectivity index (χ0n) is 10.3. The Labute approximate surface area is 101 Å². The molecule has 1 atom stereocenters. The van der Waals surface area contributed by atoms with Crippen LogP contribution in [0.4, 0.5) is 0 Å². The highest BCUT2D eigenvalue weighted by Crippen LogP contribution is 2.26. The van der Waals surface area contributed by atoms with Gasteiger partial charge in [-0.2, -0.15) is 0 Å². The molecule has 0 radical (unpaired) electrons.